The van der Waals surface area contributed by atoms with Gasteiger partial charge in [-0.2, -0.15) is 0 Å². The highest BCUT2D eigenvalue weighted by molar-refractivity contribution is 7.13. The molecule has 1 aliphatic rings. The van der Waals surface area contributed by atoms with Gasteiger partial charge in [0.25, 0.3) is 0 Å². The van der Waals surface area contributed by atoms with Crippen molar-refractivity contribution in [3.63, 3.8) is 0 Å². The quantitative estimate of drug-likeness (QED) is 0.469. The van der Waals surface area contributed by atoms with E-state index in [1.54, 1.807) is 0 Å². The molecule has 1 rings (SSSR count). The van der Waals surface area contributed by atoms with Crippen LogP contribution in [0.5, 0.6) is 0 Å². The van der Waals surface area contributed by atoms with Gasteiger partial charge in [-0.05, 0) is 6.92 Å². The minimum Gasteiger partial charge on any atom is -0.314 e. The molecule has 0 spiro atoms. The van der Waals surface area contributed by atoms with Crippen molar-refractivity contribution in [1.82, 2.24) is 9.99 Å². The molecule has 1 saturated heterocycles. The van der Waals surface area contributed by atoms with E-state index in [-0.39, 0.29) is 0 Å². The first-order valence-electron chi connectivity index (χ1n) is 3.03. The van der Waals surface area contributed by atoms with Gasteiger partial charge in [-0.3, -0.25) is 4.67 Å². The summed E-state index contributed by atoms with van der Waals surface area (Å²) in [5.41, 5.74) is 0. The summed E-state index contributed by atoms with van der Waals surface area (Å²) < 4.78 is 2.29. The Morgan fingerprint density at radius 2 is 2.50 bits per heavy atom. The van der Waals surface area contributed by atoms with Crippen LogP contribution in [-0.2, 0) is 0 Å². The molecule has 0 aromatic heterocycles. The molecule has 8 heavy (non-hydrogen) atoms. The van der Waals surface area contributed by atoms with E-state index in [0.29, 0.717) is 6.04 Å². The van der Waals surface area contributed by atoms with Gasteiger partial charge in [0.2, 0.25) is 0 Å². The molecule has 1 heterocycles. The van der Waals surface area contributed by atoms with Crippen molar-refractivity contribution in [2.45, 2.75) is 13.0 Å². The Bertz CT molecular complexity index is 66.8. The summed E-state index contributed by atoms with van der Waals surface area (Å²) >= 11 is 0. The zero-order valence-corrected chi connectivity index (χ0v) is 6.38. The first-order chi connectivity index (χ1) is 3.80. The molecule has 2 unspecified atom stereocenters. The van der Waals surface area contributed by atoms with Crippen molar-refractivity contribution in [2.24, 2.45) is 0 Å². The molecule has 1 aliphatic heterocycles. The molecule has 2 nitrogen and oxygen atoms in total. The van der Waals surface area contributed by atoms with Gasteiger partial charge in [0, 0.05) is 25.7 Å². The molecule has 48 valence electrons. The van der Waals surface area contributed by atoms with Crippen molar-refractivity contribution in [2.75, 3.05) is 19.6 Å². The average Bonchev–Trinajstić information content (AvgIpc) is 1.77. The van der Waals surface area contributed by atoms with Crippen LogP contribution in [0.1, 0.15) is 6.92 Å². The van der Waals surface area contributed by atoms with Crippen LogP contribution in [0.2, 0.25) is 0 Å². The third kappa shape index (κ3) is 1.41. The Balaban J connectivity index is 2.28. The van der Waals surface area contributed by atoms with Crippen LogP contribution < -0.4 is 5.32 Å². The molecule has 0 aromatic rings. The van der Waals surface area contributed by atoms with E-state index < -0.39 is 0 Å². The second-order valence-corrected chi connectivity index (χ2v) is 2.95. The van der Waals surface area contributed by atoms with Crippen LogP contribution in [-0.4, -0.2) is 30.3 Å². The predicted molar refractivity (Wildman–Crippen MR) is 38.7 cm³/mol. The van der Waals surface area contributed by atoms with Crippen LogP contribution in [0, 0.1) is 0 Å². The Kier molecular flexibility index (Phi) is 2.24. The third-order valence-corrected chi connectivity index (χ3v) is 2.32. The number of hydrogen-bond donors (Lipinski definition) is 1. The minimum atomic E-state index is 0.689. The van der Waals surface area contributed by atoms with E-state index >= 15 is 0 Å². The number of piperazine rings is 1. The van der Waals surface area contributed by atoms with Crippen molar-refractivity contribution >= 4 is 9.39 Å². The highest BCUT2D eigenvalue weighted by Crippen LogP contribution is 2.06. The lowest BCUT2D eigenvalue weighted by Crippen LogP contribution is -2.44. The van der Waals surface area contributed by atoms with Gasteiger partial charge in [-0.15, -0.1) is 0 Å². The highest BCUT2D eigenvalue weighted by Gasteiger charge is 2.11. The average molecular weight is 132 g/mol. The van der Waals surface area contributed by atoms with E-state index in [0.717, 1.165) is 19.6 Å². The SMILES string of the molecule is CC1CNCCN1P. The van der Waals surface area contributed by atoms with Crippen LogP contribution in [0.4, 0.5) is 0 Å². The molecular formula is C5H13N2P. The molecular weight excluding hydrogens is 119 g/mol. The molecule has 0 bridgehead atoms. The molecule has 0 aliphatic carbocycles. The van der Waals surface area contributed by atoms with E-state index in [1.165, 1.54) is 0 Å². The summed E-state index contributed by atoms with van der Waals surface area (Å²) in [5.74, 6) is 0. The summed E-state index contributed by atoms with van der Waals surface area (Å²) in [4.78, 5) is 0. The standard InChI is InChI=1S/C5H13N2P/c1-5-4-6-2-3-7(5)8/h5-6H,2-4,8H2,1H3. The Morgan fingerprint density at radius 3 is 2.88 bits per heavy atom. The first-order valence-corrected chi connectivity index (χ1v) is 3.54. The fraction of sp³-hybridized carbons (Fsp3) is 1.00. The van der Waals surface area contributed by atoms with Crippen molar-refractivity contribution < 1.29 is 0 Å². The third-order valence-electron chi connectivity index (χ3n) is 1.55. The first kappa shape index (κ1) is 6.47. The van der Waals surface area contributed by atoms with E-state index in [1.807, 2.05) is 0 Å². The van der Waals surface area contributed by atoms with Gasteiger partial charge in [0.15, 0.2) is 0 Å². The summed E-state index contributed by atoms with van der Waals surface area (Å²) in [6.45, 7) is 5.64. The van der Waals surface area contributed by atoms with E-state index in [2.05, 4.69) is 26.3 Å². The fourth-order valence-corrected chi connectivity index (χ4v) is 1.09. The number of nitrogens with zero attached hydrogens (tertiary/aromatic N) is 1. The van der Waals surface area contributed by atoms with Crippen LogP contribution in [0.25, 0.3) is 0 Å². The summed E-state index contributed by atoms with van der Waals surface area (Å²) in [5, 5.41) is 3.31. The molecule has 3 heteroatoms. The number of rotatable bonds is 0. The second-order valence-electron chi connectivity index (χ2n) is 2.29. The van der Waals surface area contributed by atoms with Gasteiger partial charge in [-0.25, -0.2) is 0 Å². The molecule has 0 saturated carbocycles. The van der Waals surface area contributed by atoms with Gasteiger partial charge in [0.1, 0.15) is 0 Å². The molecule has 2 atom stereocenters. The molecule has 0 amide bonds. The van der Waals surface area contributed by atoms with Crippen LogP contribution in [0.3, 0.4) is 0 Å². The normalized spacial score (nSPS) is 33.0. The van der Waals surface area contributed by atoms with Crippen molar-refractivity contribution in [3.05, 3.63) is 0 Å². The van der Waals surface area contributed by atoms with Crippen LogP contribution in [0.15, 0.2) is 0 Å². The molecule has 0 aromatic carbocycles. The molecule has 1 fully saturated rings. The lowest BCUT2D eigenvalue weighted by molar-refractivity contribution is 0.308. The van der Waals surface area contributed by atoms with Gasteiger partial charge < -0.3 is 5.32 Å². The Morgan fingerprint density at radius 1 is 1.75 bits per heavy atom. The largest absolute Gasteiger partial charge is 0.314 e. The van der Waals surface area contributed by atoms with Crippen LogP contribution >= 0.6 is 9.39 Å². The predicted octanol–water partition coefficient (Wildman–Crippen LogP) is 0.0702. The maximum Gasteiger partial charge on any atom is 0.0226 e. The Hall–Kier alpha value is 0.350. The van der Waals surface area contributed by atoms with Gasteiger partial charge in [-0.1, -0.05) is 9.39 Å². The minimum absolute atomic E-state index is 0.689. The highest BCUT2D eigenvalue weighted by atomic mass is 31.0. The summed E-state index contributed by atoms with van der Waals surface area (Å²) in [7, 11) is 2.74. The lowest BCUT2D eigenvalue weighted by Gasteiger charge is -2.29. The topological polar surface area (TPSA) is 15.3 Å². The zero-order chi connectivity index (χ0) is 5.98. The Labute approximate surface area is 52.9 Å². The van der Waals surface area contributed by atoms with Crippen molar-refractivity contribution in [3.8, 4) is 0 Å². The number of hydrogen-bond acceptors (Lipinski definition) is 2. The summed E-state index contributed by atoms with van der Waals surface area (Å²) in [6, 6.07) is 0.689. The summed E-state index contributed by atoms with van der Waals surface area (Å²) in [6.07, 6.45) is 0. The number of nitrogens with one attached hydrogen (secondary N) is 1. The maximum absolute atomic E-state index is 3.31. The van der Waals surface area contributed by atoms with Gasteiger partial charge >= 0.3 is 0 Å². The van der Waals surface area contributed by atoms with E-state index in [9.17, 15) is 0 Å². The second kappa shape index (κ2) is 2.77. The monoisotopic (exact) mass is 132 g/mol. The van der Waals surface area contributed by atoms with E-state index in [4.69, 9.17) is 0 Å². The van der Waals surface area contributed by atoms with Crippen molar-refractivity contribution in [1.29, 1.82) is 0 Å². The lowest BCUT2D eigenvalue weighted by atomic mass is 10.3. The fourth-order valence-electron chi connectivity index (χ4n) is 0.857. The smallest absolute Gasteiger partial charge is 0.0226 e. The molecule has 0 radical (unpaired) electrons. The maximum atomic E-state index is 3.31. The molecule has 1 N–H and O–H groups in total. The zero-order valence-electron chi connectivity index (χ0n) is 5.22. The van der Waals surface area contributed by atoms with Gasteiger partial charge in [0.05, 0.1) is 0 Å².